The molecule has 3 heteroatoms. The van der Waals surface area contributed by atoms with Gasteiger partial charge in [0.25, 0.3) is 0 Å². The van der Waals surface area contributed by atoms with E-state index in [4.69, 9.17) is 0 Å². The summed E-state index contributed by atoms with van der Waals surface area (Å²) in [5, 5.41) is 2.02. The van der Waals surface area contributed by atoms with E-state index in [9.17, 15) is 4.79 Å². The molecule has 1 unspecified atom stereocenters. The van der Waals surface area contributed by atoms with Crippen LogP contribution in [0, 0.1) is 5.92 Å². The van der Waals surface area contributed by atoms with Crippen LogP contribution in [0.25, 0.3) is 0 Å². The molecule has 2 nitrogen and oxygen atoms in total. The maximum absolute atomic E-state index is 11.9. The number of hydrogen-bond acceptors (Lipinski definition) is 2. The zero-order chi connectivity index (χ0) is 10.7. The van der Waals surface area contributed by atoms with E-state index >= 15 is 0 Å². The molecular formula is C12H15NOS. The fourth-order valence-corrected chi connectivity index (χ4v) is 2.48. The van der Waals surface area contributed by atoms with Crippen molar-refractivity contribution in [2.75, 3.05) is 13.1 Å². The molecule has 0 aromatic carbocycles. The molecule has 15 heavy (non-hydrogen) atoms. The van der Waals surface area contributed by atoms with Crippen LogP contribution in [0.1, 0.15) is 11.8 Å². The molecule has 2 rings (SSSR count). The predicted octanol–water partition coefficient (Wildman–Crippen LogP) is 2.33. The van der Waals surface area contributed by atoms with Crippen LogP contribution in [0.3, 0.4) is 0 Å². The van der Waals surface area contributed by atoms with E-state index in [0.717, 1.165) is 18.0 Å². The Labute approximate surface area is 94.2 Å². The van der Waals surface area contributed by atoms with Crippen molar-refractivity contribution in [3.8, 4) is 0 Å². The van der Waals surface area contributed by atoms with E-state index in [2.05, 4.69) is 19.1 Å². The van der Waals surface area contributed by atoms with Crippen molar-refractivity contribution in [1.29, 1.82) is 0 Å². The smallest absolute Gasteiger partial charge is 0.228 e. The number of rotatable bonds is 2. The van der Waals surface area contributed by atoms with Crippen LogP contribution in [-0.2, 0) is 11.2 Å². The highest BCUT2D eigenvalue weighted by atomic mass is 32.1. The summed E-state index contributed by atoms with van der Waals surface area (Å²) in [6, 6.07) is 4.01. The Balaban J connectivity index is 1.94. The second-order valence-corrected chi connectivity index (χ2v) is 4.99. The van der Waals surface area contributed by atoms with Crippen LogP contribution in [0.15, 0.2) is 29.7 Å². The third-order valence-corrected chi connectivity index (χ3v) is 3.43. The van der Waals surface area contributed by atoms with Crippen molar-refractivity contribution in [2.45, 2.75) is 13.3 Å². The van der Waals surface area contributed by atoms with Gasteiger partial charge < -0.3 is 4.90 Å². The van der Waals surface area contributed by atoms with E-state index in [1.54, 1.807) is 11.3 Å². The maximum Gasteiger partial charge on any atom is 0.228 e. The minimum Gasteiger partial charge on any atom is -0.338 e. The molecule has 80 valence electrons. The Morgan fingerprint density at radius 1 is 1.67 bits per heavy atom. The Morgan fingerprint density at radius 2 is 2.53 bits per heavy atom. The second kappa shape index (κ2) is 4.62. The van der Waals surface area contributed by atoms with Gasteiger partial charge in [-0.3, -0.25) is 4.79 Å². The lowest BCUT2D eigenvalue weighted by Gasteiger charge is -2.26. The number of carbonyl (C=O) groups excluding carboxylic acids is 1. The Kier molecular flexibility index (Phi) is 3.21. The standard InChI is InChI=1S/C12H15NOS/c1-10-4-2-6-13(9-10)12(14)8-11-5-3-7-15-11/h2-5,7,10H,6,8-9H2,1H3. The molecule has 1 aliphatic heterocycles. The zero-order valence-electron chi connectivity index (χ0n) is 8.85. The van der Waals surface area contributed by atoms with E-state index in [1.807, 2.05) is 22.4 Å². The molecule has 0 saturated heterocycles. The third-order valence-electron chi connectivity index (χ3n) is 2.56. The lowest BCUT2D eigenvalue weighted by molar-refractivity contribution is -0.130. The molecule has 1 aromatic heterocycles. The van der Waals surface area contributed by atoms with Gasteiger partial charge in [-0.2, -0.15) is 0 Å². The first-order valence-corrected chi connectivity index (χ1v) is 6.10. The van der Waals surface area contributed by atoms with Crippen molar-refractivity contribution in [3.05, 3.63) is 34.5 Å². The fourth-order valence-electron chi connectivity index (χ4n) is 1.78. The lowest BCUT2D eigenvalue weighted by Crippen LogP contribution is -2.37. The topological polar surface area (TPSA) is 20.3 Å². The van der Waals surface area contributed by atoms with E-state index in [0.29, 0.717) is 12.3 Å². The van der Waals surface area contributed by atoms with Crippen molar-refractivity contribution < 1.29 is 4.79 Å². The summed E-state index contributed by atoms with van der Waals surface area (Å²) in [6.07, 6.45) is 4.81. The van der Waals surface area contributed by atoms with Crippen LogP contribution < -0.4 is 0 Å². The summed E-state index contributed by atoms with van der Waals surface area (Å²) < 4.78 is 0. The van der Waals surface area contributed by atoms with Crippen LogP contribution in [-0.4, -0.2) is 23.9 Å². The lowest BCUT2D eigenvalue weighted by atomic mass is 10.1. The largest absolute Gasteiger partial charge is 0.338 e. The average molecular weight is 221 g/mol. The molecule has 0 radical (unpaired) electrons. The fraction of sp³-hybridized carbons (Fsp3) is 0.417. The molecule has 2 heterocycles. The summed E-state index contributed by atoms with van der Waals surface area (Å²) in [5.74, 6) is 0.736. The summed E-state index contributed by atoms with van der Waals surface area (Å²) >= 11 is 1.65. The molecule has 1 amide bonds. The number of thiophene rings is 1. The molecule has 0 N–H and O–H groups in total. The van der Waals surface area contributed by atoms with Crippen LogP contribution in [0.2, 0.25) is 0 Å². The van der Waals surface area contributed by atoms with Crippen molar-refractivity contribution in [2.24, 2.45) is 5.92 Å². The second-order valence-electron chi connectivity index (χ2n) is 3.96. The molecule has 0 fully saturated rings. The molecule has 1 aromatic rings. The van der Waals surface area contributed by atoms with Gasteiger partial charge in [-0.1, -0.05) is 25.1 Å². The highest BCUT2D eigenvalue weighted by molar-refractivity contribution is 7.10. The first kappa shape index (κ1) is 10.4. The van der Waals surface area contributed by atoms with E-state index in [-0.39, 0.29) is 5.91 Å². The molecule has 0 bridgehead atoms. The van der Waals surface area contributed by atoms with Crippen LogP contribution >= 0.6 is 11.3 Å². The first-order valence-electron chi connectivity index (χ1n) is 5.22. The minimum absolute atomic E-state index is 0.244. The van der Waals surface area contributed by atoms with Crippen LogP contribution in [0.5, 0.6) is 0 Å². The van der Waals surface area contributed by atoms with Crippen molar-refractivity contribution in [1.82, 2.24) is 4.90 Å². The predicted molar refractivity (Wildman–Crippen MR) is 62.9 cm³/mol. The van der Waals surface area contributed by atoms with E-state index < -0.39 is 0 Å². The summed E-state index contributed by atoms with van der Waals surface area (Å²) in [5.41, 5.74) is 0. The first-order chi connectivity index (χ1) is 7.25. The summed E-state index contributed by atoms with van der Waals surface area (Å²) in [4.78, 5) is 15.0. The molecular weight excluding hydrogens is 206 g/mol. The Hall–Kier alpha value is -1.09. The molecule has 0 saturated carbocycles. The number of carbonyl (C=O) groups is 1. The van der Waals surface area contributed by atoms with Gasteiger partial charge in [0.2, 0.25) is 5.91 Å². The maximum atomic E-state index is 11.9. The van der Waals surface area contributed by atoms with Gasteiger partial charge in [0.15, 0.2) is 0 Å². The highest BCUT2D eigenvalue weighted by Gasteiger charge is 2.17. The summed E-state index contributed by atoms with van der Waals surface area (Å²) in [7, 11) is 0. The number of hydrogen-bond donors (Lipinski definition) is 0. The Bertz CT molecular complexity index is 356. The van der Waals surface area contributed by atoms with Crippen LogP contribution in [0.4, 0.5) is 0 Å². The molecule has 0 spiro atoms. The molecule has 1 aliphatic rings. The highest BCUT2D eigenvalue weighted by Crippen LogP contribution is 2.13. The van der Waals surface area contributed by atoms with Gasteiger partial charge in [-0.15, -0.1) is 11.3 Å². The molecule has 0 aliphatic carbocycles. The summed E-state index contributed by atoms with van der Waals surface area (Å²) in [6.45, 7) is 3.77. The van der Waals surface area contributed by atoms with Gasteiger partial charge >= 0.3 is 0 Å². The number of nitrogens with zero attached hydrogens (tertiary/aromatic N) is 1. The molecule has 1 atom stereocenters. The zero-order valence-corrected chi connectivity index (χ0v) is 9.67. The van der Waals surface area contributed by atoms with Gasteiger partial charge in [-0.05, 0) is 17.4 Å². The minimum atomic E-state index is 0.244. The van der Waals surface area contributed by atoms with Gasteiger partial charge in [0.1, 0.15) is 0 Å². The van der Waals surface area contributed by atoms with Crippen molar-refractivity contribution in [3.63, 3.8) is 0 Å². The van der Waals surface area contributed by atoms with Gasteiger partial charge in [0, 0.05) is 18.0 Å². The monoisotopic (exact) mass is 221 g/mol. The van der Waals surface area contributed by atoms with E-state index in [1.165, 1.54) is 0 Å². The third kappa shape index (κ3) is 2.69. The van der Waals surface area contributed by atoms with Gasteiger partial charge in [-0.25, -0.2) is 0 Å². The quantitative estimate of drug-likeness (QED) is 0.702. The van der Waals surface area contributed by atoms with Gasteiger partial charge in [0.05, 0.1) is 6.42 Å². The Morgan fingerprint density at radius 3 is 3.20 bits per heavy atom. The SMILES string of the molecule is CC1C=CCN(C(=O)Cc2cccs2)C1. The van der Waals surface area contributed by atoms with Crippen molar-refractivity contribution >= 4 is 17.2 Å². The average Bonchev–Trinajstić information content (AvgIpc) is 2.70. The number of amides is 1. The normalized spacial score (nSPS) is 20.6.